The third-order valence-electron chi connectivity index (χ3n) is 3.78. The number of aliphatic hydroxyl groups is 2. The summed E-state index contributed by atoms with van der Waals surface area (Å²) in [5, 5.41) is 19.1. The van der Waals surface area contributed by atoms with Gasteiger partial charge in [0.15, 0.2) is 17.0 Å². The number of imidazole rings is 2. The van der Waals surface area contributed by atoms with Crippen LogP contribution in [0.1, 0.15) is 12.6 Å². The van der Waals surface area contributed by atoms with Gasteiger partial charge in [0.05, 0.1) is 19.0 Å². The molecule has 4 heterocycles. The van der Waals surface area contributed by atoms with E-state index in [0.717, 1.165) is 0 Å². The van der Waals surface area contributed by atoms with Crippen molar-refractivity contribution in [1.29, 1.82) is 0 Å². The Hall–Kier alpha value is -2.36. The highest BCUT2D eigenvalue weighted by Gasteiger charge is 2.35. The first-order chi connectivity index (χ1) is 10.8. The van der Waals surface area contributed by atoms with Crippen LogP contribution < -0.4 is 0 Å². The average molecular weight is 302 g/mol. The standard InChI is InChI=1S/C13H14N6O3/c20-4-9-8(21)3-10(22-9)19-7-17-11-12(15-5-16-13(11)19)18-2-1-14-6-18/h1-2,5-10,20-21H,3-4H2/t8-,9+,10+/m0/s1. The number of aliphatic hydroxyl groups excluding tert-OH is 2. The Balaban J connectivity index is 1.77. The van der Waals surface area contributed by atoms with E-state index in [1.807, 2.05) is 0 Å². The molecule has 3 atom stereocenters. The number of rotatable bonds is 3. The zero-order valence-corrected chi connectivity index (χ0v) is 11.5. The van der Waals surface area contributed by atoms with Gasteiger partial charge in [-0.1, -0.05) is 0 Å². The first-order valence-electron chi connectivity index (χ1n) is 6.88. The minimum absolute atomic E-state index is 0.223. The SMILES string of the molecule is OC[C@H]1O[C@@H](n2cnc3c(-n4ccnc4)ncnc32)C[C@@H]1O. The molecule has 1 aliphatic rings. The smallest absolute Gasteiger partial charge is 0.169 e. The average Bonchev–Trinajstić information content (AvgIpc) is 3.25. The van der Waals surface area contributed by atoms with Crippen LogP contribution in [0.15, 0.2) is 31.4 Å². The van der Waals surface area contributed by atoms with E-state index >= 15 is 0 Å². The maximum absolute atomic E-state index is 9.87. The van der Waals surface area contributed by atoms with Crippen molar-refractivity contribution in [2.24, 2.45) is 0 Å². The zero-order chi connectivity index (χ0) is 15.1. The lowest BCUT2D eigenvalue weighted by Gasteiger charge is -2.13. The van der Waals surface area contributed by atoms with E-state index < -0.39 is 18.4 Å². The molecule has 3 aromatic heterocycles. The van der Waals surface area contributed by atoms with Crippen molar-refractivity contribution >= 4 is 11.2 Å². The quantitative estimate of drug-likeness (QED) is 0.680. The molecule has 0 radical (unpaired) electrons. The number of aromatic nitrogens is 6. The summed E-state index contributed by atoms with van der Waals surface area (Å²) in [6.07, 6.45) is 6.80. The Morgan fingerprint density at radius 2 is 2.18 bits per heavy atom. The summed E-state index contributed by atoms with van der Waals surface area (Å²) in [5.41, 5.74) is 1.22. The van der Waals surface area contributed by atoms with Crippen molar-refractivity contribution in [3.63, 3.8) is 0 Å². The summed E-state index contributed by atoms with van der Waals surface area (Å²) in [4.78, 5) is 16.9. The molecular weight excluding hydrogens is 288 g/mol. The first-order valence-corrected chi connectivity index (χ1v) is 6.88. The Labute approximate surface area is 124 Å². The van der Waals surface area contributed by atoms with E-state index in [1.165, 1.54) is 6.33 Å². The maximum atomic E-state index is 9.87. The van der Waals surface area contributed by atoms with Crippen LogP contribution in [0.4, 0.5) is 0 Å². The topological polar surface area (TPSA) is 111 Å². The lowest BCUT2D eigenvalue weighted by atomic mass is 10.2. The van der Waals surface area contributed by atoms with Gasteiger partial charge in [-0.15, -0.1) is 0 Å². The molecule has 114 valence electrons. The third-order valence-corrected chi connectivity index (χ3v) is 3.78. The van der Waals surface area contributed by atoms with E-state index in [1.54, 1.807) is 34.2 Å². The predicted molar refractivity (Wildman–Crippen MR) is 74.1 cm³/mol. The van der Waals surface area contributed by atoms with Crippen LogP contribution in [0.5, 0.6) is 0 Å². The van der Waals surface area contributed by atoms with Crippen LogP contribution in [0.3, 0.4) is 0 Å². The summed E-state index contributed by atoms with van der Waals surface area (Å²) in [7, 11) is 0. The fraction of sp³-hybridized carbons (Fsp3) is 0.385. The summed E-state index contributed by atoms with van der Waals surface area (Å²) < 4.78 is 9.15. The molecule has 0 unspecified atom stereocenters. The van der Waals surface area contributed by atoms with E-state index in [4.69, 9.17) is 4.74 Å². The van der Waals surface area contributed by atoms with Crippen LogP contribution in [-0.2, 0) is 4.74 Å². The molecule has 1 fully saturated rings. The van der Waals surface area contributed by atoms with Crippen LogP contribution >= 0.6 is 0 Å². The Morgan fingerprint density at radius 1 is 1.27 bits per heavy atom. The highest BCUT2D eigenvalue weighted by molar-refractivity contribution is 5.78. The van der Waals surface area contributed by atoms with Gasteiger partial charge >= 0.3 is 0 Å². The van der Waals surface area contributed by atoms with E-state index in [0.29, 0.717) is 23.4 Å². The lowest BCUT2D eigenvalue weighted by molar-refractivity contribution is -0.0432. The number of nitrogens with zero attached hydrogens (tertiary/aromatic N) is 6. The first kappa shape index (κ1) is 13.3. The van der Waals surface area contributed by atoms with Gasteiger partial charge in [-0.05, 0) is 0 Å². The number of hydrogen-bond donors (Lipinski definition) is 2. The molecule has 0 spiro atoms. The van der Waals surface area contributed by atoms with Crippen molar-refractivity contribution in [2.75, 3.05) is 6.61 Å². The molecule has 22 heavy (non-hydrogen) atoms. The summed E-state index contributed by atoms with van der Waals surface area (Å²) in [6.45, 7) is -0.223. The van der Waals surface area contributed by atoms with Crippen LogP contribution in [0.2, 0.25) is 0 Å². The normalized spacial score (nSPS) is 25.1. The highest BCUT2D eigenvalue weighted by Crippen LogP contribution is 2.31. The number of hydrogen-bond acceptors (Lipinski definition) is 7. The molecule has 0 aliphatic carbocycles. The molecule has 4 rings (SSSR count). The summed E-state index contributed by atoms with van der Waals surface area (Å²) in [6, 6.07) is 0. The van der Waals surface area contributed by atoms with E-state index in [9.17, 15) is 10.2 Å². The van der Waals surface area contributed by atoms with Crippen LogP contribution in [0.25, 0.3) is 17.0 Å². The van der Waals surface area contributed by atoms with Gasteiger partial charge in [0.2, 0.25) is 0 Å². The fourth-order valence-electron chi connectivity index (χ4n) is 2.67. The summed E-state index contributed by atoms with van der Waals surface area (Å²) in [5.74, 6) is 0.624. The Kier molecular flexibility index (Phi) is 3.10. The molecule has 0 bridgehead atoms. The molecule has 0 saturated carbocycles. The Bertz CT molecular complexity index is 786. The highest BCUT2D eigenvalue weighted by atomic mass is 16.5. The molecule has 2 N–H and O–H groups in total. The van der Waals surface area contributed by atoms with E-state index in [2.05, 4.69) is 19.9 Å². The molecule has 1 aliphatic heterocycles. The summed E-state index contributed by atoms with van der Waals surface area (Å²) >= 11 is 0. The molecule has 9 nitrogen and oxygen atoms in total. The van der Waals surface area contributed by atoms with E-state index in [-0.39, 0.29) is 6.61 Å². The second-order valence-corrected chi connectivity index (χ2v) is 5.11. The number of fused-ring (bicyclic) bond motifs is 1. The zero-order valence-electron chi connectivity index (χ0n) is 11.5. The predicted octanol–water partition coefficient (Wildman–Crippen LogP) is -0.347. The molecule has 3 aromatic rings. The van der Waals surface area contributed by atoms with Gasteiger partial charge in [-0.3, -0.25) is 9.13 Å². The molecule has 1 saturated heterocycles. The Morgan fingerprint density at radius 3 is 2.91 bits per heavy atom. The van der Waals surface area contributed by atoms with Crippen molar-refractivity contribution in [3.8, 4) is 5.82 Å². The van der Waals surface area contributed by atoms with Gasteiger partial charge in [-0.25, -0.2) is 19.9 Å². The van der Waals surface area contributed by atoms with Gasteiger partial charge in [0, 0.05) is 18.8 Å². The second-order valence-electron chi connectivity index (χ2n) is 5.11. The molecule has 9 heteroatoms. The lowest BCUT2D eigenvalue weighted by Crippen LogP contribution is -2.24. The van der Waals surface area contributed by atoms with Gasteiger partial charge in [-0.2, -0.15) is 0 Å². The minimum Gasteiger partial charge on any atom is -0.394 e. The van der Waals surface area contributed by atoms with Crippen molar-refractivity contribution in [3.05, 3.63) is 31.4 Å². The monoisotopic (exact) mass is 302 g/mol. The molecule has 0 amide bonds. The fourth-order valence-corrected chi connectivity index (χ4v) is 2.67. The van der Waals surface area contributed by atoms with Gasteiger partial charge in [0.1, 0.15) is 25.0 Å². The van der Waals surface area contributed by atoms with Crippen LogP contribution in [0, 0.1) is 0 Å². The second kappa shape index (κ2) is 5.13. The maximum Gasteiger partial charge on any atom is 0.169 e. The largest absolute Gasteiger partial charge is 0.394 e. The minimum atomic E-state index is -0.706. The molecule has 0 aromatic carbocycles. The van der Waals surface area contributed by atoms with Crippen LogP contribution in [-0.4, -0.2) is 58.1 Å². The molecular formula is C13H14N6O3. The van der Waals surface area contributed by atoms with Crippen molar-refractivity contribution < 1.29 is 14.9 Å². The third kappa shape index (κ3) is 1.98. The van der Waals surface area contributed by atoms with Crippen molar-refractivity contribution in [1.82, 2.24) is 29.1 Å². The number of ether oxygens (including phenoxy) is 1. The van der Waals surface area contributed by atoms with Gasteiger partial charge in [0.25, 0.3) is 0 Å². The van der Waals surface area contributed by atoms with Gasteiger partial charge < -0.3 is 14.9 Å². The van der Waals surface area contributed by atoms with Crippen molar-refractivity contribution in [2.45, 2.75) is 24.9 Å².